The van der Waals surface area contributed by atoms with Gasteiger partial charge in [0.1, 0.15) is 12.7 Å². The van der Waals surface area contributed by atoms with Crippen LogP contribution in [0.5, 0.6) is 0 Å². The highest BCUT2D eigenvalue weighted by Crippen LogP contribution is 2.43. The highest BCUT2D eigenvalue weighted by molar-refractivity contribution is 6.74. The van der Waals surface area contributed by atoms with Gasteiger partial charge in [0, 0.05) is 5.56 Å². The molecule has 2 heterocycles. The van der Waals surface area contributed by atoms with Gasteiger partial charge in [-0.3, -0.25) is 4.79 Å². The van der Waals surface area contributed by atoms with Crippen LogP contribution >= 0.6 is 0 Å². The molecule has 2 aliphatic rings. The van der Waals surface area contributed by atoms with Gasteiger partial charge in [-0.2, -0.15) is 0 Å². The van der Waals surface area contributed by atoms with Crippen molar-refractivity contribution in [3.63, 3.8) is 0 Å². The van der Waals surface area contributed by atoms with Crippen molar-refractivity contribution in [2.75, 3.05) is 6.61 Å². The summed E-state index contributed by atoms with van der Waals surface area (Å²) in [7, 11) is -2.16. The van der Waals surface area contributed by atoms with E-state index in [1.165, 1.54) is 0 Å². The van der Waals surface area contributed by atoms with E-state index >= 15 is 0 Å². The van der Waals surface area contributed by atoms with Crippen molar-refractivity contribution in [2.24, 2.45) is 0 Å². The lowest BCUT2D eigenvalue weighted by Crippen LogP contribution is -2.47. The molecule has 0 bridgehead atoms. The Morgan fingerprint density at radius 1 is 1.09 bits per heavy atom. The van der Waals surface area contributed by atoms with Crippen molar-refractivity contribution >= 4 is 20.2 Å². The van der Waals surface area contributed by atoms with Gasteiger partial charge in [0.05, 0.1) is 29.7 Å². The number of hydrogen-bond donors (Lipinski definition) is 1. The predicted molar refractivity (Wildman–Crippen MR) is 176 cm³/mol. The molecule has 1 saturated heterocycles. The van der Waals surface area contributed by atoms with Gasteiger partial charge in [0.25, 0.3) is 0 Å². The predicted octanol–water partition coefficient (Wildman–Crippen LogP) is 7.67. The number of carbonyl (C=O) groups is 2. The van der Waals surface area contributed by atoms with E-state index in [1.54, 1.807) is 24.3 Å². The number of ether oxygens (including phenoxy) is 3. The molecule has 2 aromatic carbocycles. The molecule has 1 N–H and O–H groups in total. The Morgan fingerprint density at radius 2 is 1.75 bits per heavy atom. The van der Waals surface area contributed by atoms with E-state index in [0.717, 1.165) is 11.1 Å². The van der Waals surface area contributed by atoms with Gasteiger partial charge >= 0.3 is 5.97 Å². The molecule has 7 nitrogen and oxygen atoms in total. The van der Waals surface area contributed by atoms with Crippen LogP contribution in [0.3, 0.4) is 0 Å². The van der Waals surface area contributed by atoms with Crippen LogP contribution in [0.25, 0.3) is 0 Å². The number of esters is 1. The average Bonchev–Trinajstić information content (AvgIpc) is 3.31. The summed E-state index contributed by atoms with van der Waals surface area (Å²) in [6.45, 7) is 15.3. The molecule has 4 rings (SSSR count). The Labute approximate surface area is 264 Å². The highest BCUT2D eigenvalue weighted by Gasteiger charge is 2.46. The maximum Gasteiger partial charge on any atom is 0.338 e. The summed E-state index contributed by atoms with van der Waals surface area (Å²) >= 11 is 0. The van der Waals surface area contributed by atoms with E-state index < -0.39 is 20.2 Å². The van der Waals surface area contributed by atoms with E-state index in [0.29, 0.717) is 24.8 Å². The van der Waals surface area contributed by atoms with Crippen molar-refractivity contribution in [3.05, 3.63) is 95.6 Å². The van der Waals surface area contributed by atoms with Crippen molar-refractivity contribution in [1.82, 2.24) is 5.32 Å². The maximum atomic E-state index is 13.5. The number of rotatable bonds is 7. The standard InChI is InChI=1S/C36H49NO6Si/c1-26(22-24-40-33(39)27-15-10-8-11-16-27)30-19-14-20-31-36(5,42-34(41-31)28-17-12-9-13-18-28)23-21-29(25-32(38)37-30)43-44(6,7)35(2,3)4/h8-18,20,22,29-31,34H,19,21,23-25H2,1-7H3,(H,37,38)/t29?,30-,31-,34-,36+/m0/s1. The van der Waals surface area contributed by atoms with Gasteiger partial charge in [-0.15, -0.1) is 0 Å². The van der Waals surface area contributed by atoms with Crippen LogP contribution in [0.2, 0.25) is 18.1 Å². The Morgan fingerprint density at radius 3 is 2.41 bits per heavy atom. The van der Waals surface area contributed by atoms with E-state index in [1.807, 2.05) is 49.4 Å². The number of nitrogens with one attached hydrogen (secondary N) is 1. The average molecular weight is 620 g/mol. The number of amides is 1. The van der Waals surface area contributed by atoms with Gasteiger partial charge in [0.2, 0.25) is 5.91 Å². The molecule has 1 fully saturated rings. The third-order valence-corrected chi connectivity index (χ3v) is 13.7. The quantitative estimate of drug-likeness (QED) is 0.195. The van der Waals surface area contributed by atoms with Crippen LogP contribution in [0.15, 0.2) is 84.5 Å². The maximum absolute atomic E-state index is 13.5. The van der Waals surface area contributed by atoms with Crippen molar-refractivity contribution in [1.29, 1.82) is 0 Å². The van der Waals surface area contributed by atoms with E-state index in [2.05, 4.69) is 58.3 Å². The zero-order valence-corrected chi connectivity index (χ0v) is 28.3. The zero-order valence-electron chi connectivity index (χ0n) is 27.3. The third kappa shape index (κ3) is 8.78. The van der Waals surface area contributed by atoms with Crippen LogP contribution in [0, 0.1) is 0 Å². The summed E-state index contributed by atoms with van der Waals surface area (Å²) in [4.78, 5) is 25.9. The zero-order chi connectivity index (χ0) is 32.0. The smallest absolute Gasteiger partial charge is 0.338 e. The van der Waals surface area contributed by atoms with E-state index in [-0.39, 0.29) is 48.2 Å². The molecule has 2 aliphatic heterocycles. The molecular formula is C36H49NO6Si. The molecule has 0 saturated carbocycles. The Bertz CT molecular complexity index is 1320. The normalized spacial score (nSPS) is 27.1. The minimum Gasteiger partial charge on any atom is -0.458 e. The summed E-state index contributed by atoms with van der Waals surface area (Å²) in [6, 6.07) is 18.6. The second-order valence-electron chi connectivity index (χ2n) is 13.7. The van der Waals surface area contributed by atoms with Crippen LogP contribution in [0.1, 0.15) is 82.5 Å². The number of hydrogen-bond acceptors (Lipinski definition) is 6. The first-order valence-electron chi connectivity index (χ1n) is 15.7. The SMILES string of the molecule is CC(=CCOC(=O)c1ccccc1)[C@@H]1CC=C[C@@H]2O[C@H](c3ccccc3)O[C@]2(C)CCC(O[Si](C)(C)C(C)(C)C)CC(=O)N1. The van der Waals surface area contributed by atoms with Crippen LogP contribution in [-0.2, 0) is 23.4 Å². The van der Waals surface area contributed by atoms with Gasteiger partial charge < -0.3 is 24.0 Å². The van der Waals surface area contributed by atoms with Crippen molar-refractivity contribution < 1.29 is 28.2 Å². The second kappa shape index (κ2) is 14.4. The summed E-state index contributed by atoms with van der Waals surface area (Å²) in [5, 5.41) is 3.23. The first kappa shape index (κ1) is 33.8. The lowest BCUT2D eigenvalue weighted by molar-refractivity contribution is -0.123. The summed E-state index contributed by atoms with van der Waals surface area (Å²) in [5.41, 5.74) is 1.81. The molecule has 0 aromatic heterocycles. The van der Waals surface area contributed by atoms with E-state index in [9.17, 15) is 9.59 Å². The first-order chi connectivity index (χ1) is 20.8. The molecule has 0 spiro atoms. The van der Waals surface area contributed by atoms with Gasteiger partial charge in [-0.05, 0) is 69.5 Å². The molecule has 5 atom stereocenters. The molecule has 0 aliphatic carbocycles. The second-order valence-corrected chi connectivity index (χ2v) is 18.4. The minimum atomic E-state index is -2.16. The van der Waals surface area contributed by atoms with Gasteiger partial charge in [-0.1, -0.05) is 87.0 Å². The highest BCUT2D eigenvalue weighted by atomic mass is 28.4. The van der Waals surface area contributed by atoms with Crippen molar-refractivity contribution in [2.45, 2.75) is 109 Å². The fourth-order valence-corrected chi connectivity index (χ4v) is 6.66. The summed E-state index contributed by atoms with van der Waals surface area (Å²) in [6.07, 6.45) is 7.15. The van der Waals surface area contributed by atoms with Crippen LogP contribution < -0.4 is 5.32 Å². The molecule has 1 amide bonds. The molecule has 44 heavy (non-hydrogen) atoms. The molecule has 0 radical (unpaired) electrons. The summed E-state index contributed by atoms with van der Waals surface area (Å²) in [5.74, 6) is -0.442. The minimum absolute atomic E-state index is 0.00670. The number of carbonyl (C=O) groups excluding carboxylic acids is 2. The topological polar surface area (TPSA) is 83.1 Å². The molecular weight excluding hydrogens is 570 g/mol. The lowest BCUT2D eigenvalue weighted by atomic mass is 9.90. The Hall–Kier alpha value is -3.04. The fraction of sp³-hybridized carbons (Fsp3) is 0.500. The van der Waals surface area contributed by atoms with Gasteiger partial charge in [-0.25, -0.2) is 4.79 Å². The molecule has 1 unspecified atom stereocenters. The fourth-order valence-electron chi connectivity index (χ4n) is 5.27. The number of fused-ring (bicyclic) bond motifs is 1. The lowest BCUT2D eigenvalue weighted by Gasteiger charge is -2.40. The van der Waals surface area contributed by atoms with Crippen LogP contribution in [0.4, 0.5) is 0 Å². The monoisotopic (exact) mass is 619 g/mol. The van der Waals surface area contributed by atoms with E-state index in [4.69, 9.17) is 18.6 Å². The molecule has 2 aromatic rings. The Balaban J connectivity index is 1.56. The molecule has 8 heteroatoms. The first-order valence-corrected chi connectivity index (χ1v) is 18.6. The molecule has 238 valence electrons. The number of benzene rings is 2. The Kier molecular flexibility index (Phi) is 11.1. The summed E-state index contributed by atoms with van der Waals surface area (Å²) < 4.78 is 25.4. The van der Waals surface area contributed by atoms with Crippen LogP contribution in [-0.4, -0.2) is 50.7 Å². The third-order valence-electron chi connectivity index (χ3n) is 9.16. The van der Waals surface area contributed by atoms with Gasteiger partial charge in [0.15, 0.2) is 14.6 Å². The van der Waals surface area contributed by atoms with Crippen molar-refractivity contribution in [3.8, 4) is 0 Å². The largest absolute Gasteiger partial charge is 0.458 e.